The molecule has 1 aliphatic rings. The maximum atomic E-state index is 12.3. The Balaban J connectivity index is 1.35. The first-order valence-electron chi connectivity index (χ1n) is 8.55. The normalized spacial score (nSPS) is 15.6. The molecule has 0 radical (unpaired) electrons. The van der Waals surface area contributed by atoms with Crippen LogP contribution in [0.25, 0.3) is 11.4 Å². The van der Waals surface area contributed by atoms with Crippen LogP contribution in [-0.4, -0.2) is 33.5 Å². The second-order valence-electron chi connectivity index (χ2n) is 6.13. The monoisotopic (exact) mass is 346 g/mol. The fourth-order valence-electron chi connectivity index (χ4n) is 2.92. The highest BCUT2D eigenvalue weighted by Gasteiger charge is 2.20. The highest BCUT2D eigenvalue weighted by atomic mass is 16.5. The van der Waals surface area contributed by atoms with E-state index in [1.165, 1.54) is 18.0 Å². The molecule has 0 fully saturated rings. The Kier molecular flexibility index (Phi) is 4.55. The third kappa shape index (κ3) is 3.54. The molecule has 0 bridgehead atoms. The molecule has 0 spiro atoms. The molecule has 1 amide bonds. The average molecular weight is 346 g/mol. The van der Waals surface area contributed by atoms with Gasteiger partial charge in [-0.1, -0.05) is 18.2 Å². The Morgan fingerprint density at radius 1 is 1.12 bits per heavy atom. The van der Waals surface area contributed by atoms with Gasteiger partial charge in [-0.05, 0) is 36.6 Å². The van der Waals surface area contributed by atoms with E-state index in [9.17, 15) is 4.79 Å². The molecule has 3 aromatic rings. The maximum Gasteiger partial charge on any atom is 0.254 e. The van der Waals surface area contributed by atoms with Crippen molar-refractivity contribution in [2.24, 2.45) is 0 Å². The predicted octanol–water partition coefficient (Wildman–Crippen LogP) is 2.66. The molecule has 0 saturated carbocycles. The standard InChI is InChI=1S/C20H18N4O2/c25-20(16-11-22-19(23-12-16)15-5-3-9-21-10-15)24-13-17-8-7-14-4-1-2-6-18(14)26-17/h1-6,9-12,17H,7-8,13H2,(H,24,25)/t17-/m1/s1. The van der Waals surface area contributed by atoms with Gasteiger partial charge < -0.3 is 10.1 Å². The van der Waals surface area contributed by atoms with E-state index in [2.05, 4.69) is 26.3 Å². The van der Waals surface area contributed by atoms with Gasteiger partial charge in [0.05, 0.1) is 12.1 Å². The Bertz CT molecular complexity index is 897. The van der Waals surface area contributed by atoms with Gasteiger partial charge in [-0.25, -0.2) is 9.97 Å². The van der Waals surface area contributed by atoms with Crippen LogP contribution in [-0.2, 0) is 6.42 Å². The molecule has 1 aliphatic heterocycles. The number of aromatic nitrogens is 3. The summed E-state index contributed by atoms with van der Waals surface area (Å²) in [5.74, 6) is 1.24. The van der Waals surface area contributed by atoms with Crippen LogP contribution in [0.3, 0.4) is 0 Å². The smallest absolute Gasteiger partial charge is 0.254 e. The van der Waals surface area contributed by atoms with Crippen LogP contribution < -0.4 is 10.1 Å². The quantitative estimate of drug-likeness (QED) is 0.786. The van der Waals surface area contributed by atoms with Crippen LogP contribution in [0.15, 0.2) is 61.2 Å². The maximum absolute atomic E-state index is 12.3. The Morgan fingerprint density at radius 3 is 2.77 bits per heavy atom. The minimum absolute atomic E-state index is 0.0237. The van der Waals surface area contributed by atoms with E-state index in [4.69, 9.17) is 4.74 Å². The number of ether oxygens (including phenoxy) is 1. The summed E-state index contributed by atoms with van der Waals surface area (Å²) in [5.41, 5.74) is 2.46. The summed E-state index contributed by atoms with van der Waals surface area (Å²) in [6.45, 7) is 0.456. The van der Waals surface area contributed by atoms with Crippen LogP contribution in [0.2, 0.25) is 0 Å². The van der Waals surface area contributed by atoms with E-state index in [-0.39, 0.29) is 12.0 Å². The molecule has 3 heterocycles. The van der Waals surface area contributed by atoms with Crippen molar-refractivity contribution in [3.63, 3.8) is 0 Å². The minimum Gasteiger partial charge on any atom is -0.488 e. The summed E-state index contributed by atoms with van der Waals surface area (Å²) in [4.78, 5) is 24.9. The molecule has 1 atom stereocenters. The van der Waals surface area contributed by atoms with E-state index in [0.29, 0.717) is 17.9 Å². The van der Waals surface area contributed by atoms with E-state index in [1.807, 2.05) is 30.3 Å². The molecule has 6 heteroatoms. The third-order valence-electron chi connectivity index (χ3n) is 4.33. The van der Waals surface area contributed by atoms with Crippen LogP contribution >= 0.6 is 0 Å². The summed E-state index contributed by atoms with van der Waals surface area (Å²) in [7, 11) is 0. The zero-order valence-corrected chi connectivity index (χ0v) is 14.1. The van der Waals surface area contributed by atoms with Crippen molar-refractivity contribution in [3.05, 3.63) is 72.3 Å². The van der Waals surface area contributed by atoms with Gasteiger partial charge in [0.2, 0.25) is 0 Å². The van der Waals surface area contributed by atoms with Gasteiger partial charge in [-0.2, -0.15) is 0 Å². The lowest BCUT2D eigenvalue weighted by molar-refractivity contribution is 0.0917. The first-order chi connectivity index (χ1) is 12.8. The van der Waals surface area contributed by atoms with Crippen LogP contribution in [0.4, 0.5) is 0 Å². The van der Waals surface area contributed by atoms with Crippen molar-refractivity contribution >= 4 is 5.91 Å². The van der Waals surface area contributed by atoms with Crippen molar-refractivity contribution in [1.29, 1.82) is 0 Å². The van der Waals surface area contributed by atoms with Crippen molar-refractivity contribution in [2.75, 3.05) is 6.54 Å². The van der Waals surface area contributed by atoms with E-state index in [1.54, 1.807) is 12.4 Å². The Labute approximate surface area is 151 Å². The van der Waals surface area contributed by atoms with Crippen LogP contribution in [0, 0.1) is 0 Å². The number of pyridine rings is 1. The molecule has 6 nitrogen and oxygen atoms in total. The lowest BCUT2D eigenvalue weighted by atomic mass is 10.0. The summed E-state index contributed by atoms with van der Waals surface area (Å²) >= 11 is 0. The molecule has 130 valence electrons. The number of hydrogen-bond acceptors (Lipinski definition) is 5. The van der Waals surface area contributed by atoms with Gasteiger partial charge >= 0.3 is 0 Å². The summed E-state index contributed by atoms with van der Waals surface area (Å²) in [6, 6.07) is 11.7. The molecular weight excluding hydrogens is 328 g/mol. The average Bonchev–Trinajstić information content (AvgIpc) is 2.72. The second-order valence-corrected chi connectivity index (χ2v) is 6.13. The highest BCUT2D eigenvalue weighted by Crippen LogP contribution is 2.26. The molecule has 2 aromatic heterocycles. The molecule has 0 unspecified atom stereocenters. The fourth-order valence-corrected chi connectivity index (χ4v) is 2.92. The summed E-state index contributed by atoms with van der Waals surface area (Å²) in [6.07, 6.45) is 8.26. The molecule has 4 rings (SSSR count). The summed E-state index contributed by atoms with van der Waals surface area (Å²) < 4.78 is 5.94. The highest BCUT2D eigenvalue weighted by molar-refractivity contribution is 5.93. The van der Waals surface area contributed by atoms with Crippen molar-refractivity contribution in [3.8, 4) is 17.1 Å². The molecular formula is C20H18N4O2. The lowest BCUT2D eigenvalue weighted by Gasteiger charge is -2.26. The molecule has 0 aliphatic carbocycles. The number of fused-ring (bicyclic) bond motifs is 1. The number of rotatable bonds is 4. The van der Waals surface area contributed by atoms with Gasteiger partial charge in [0.25, 0.3) is 5.91 Å². The zero-order valence-electron chi connectivity index (χ0n) is 14.1. The van der Waals surface area contributed by atoms with E-state index < -0.39 is 0 Å². The minimum atomic E-state index is -0.204. The number of carbonyl (C=O) groups excluding carboxylic acids is 1. The number of carbonyl (C=O) groups is 1. The predicted molar refractivity (Wildman–Crippen MR) is 96.8 cm³/mol. The molecule has 1 N–H and O–H groups in total. The number of hydrogen-bond donors (Lipinski definition) is 1. The van der Waals surface area contributed by atoms with Gasteiger partial charge in [0.1, 0.15) is 11.9 Å². The first kappa shape index (κ1) is 16.2. The molecule has 1 aromatic carbocycles. The van der Waals surface area contributed by atoms with Gasteiger partial charge in [-0.15, -0.1) is 0 Å². The number of para-hydroxylation sites is 1. The van der Waals surface area contributed by atoms with Crippen molar-refractivity contribution in [1.82, 2.24) is 20.3 Å². The van der Waals surface area contributed by atoms with E-state index >= 15 is 0 Å². The Morgan fingerprint density at radius 2 is 1.96 bits per heavy atom. The largest absolute Gasteiger partial charge is 0.488 e. The molecule has 0 saturated heterocycles. The summed E-state index contributed by atoms with van der Waals surface area (Å²) in [5, 5.41) is 2.90. The Hall–Kier alpha value is -3.28. The van der Waals surface area contributed by atoms with Crippen molar-refractivity contribution in [2.45, 2.75) is 18.9 Å². The van der Waals surface area contributed by atoms with Crippen LogP contribution in [0.5, 0.6) is 5.75 Å². The first-order valence-corrected chi connectivity index (χ1v) is 8.55. The van der Waals surface area contributed by atoms with Crippen molar-refractivity contribution < 1.29 is 9.53 Å². The van der Waals surface area contributed by atoms with Crippen LogP contribution in [0.1, 0.15) is 22.3 Å². The number of benzene rings is 1. The van der Waals surface area contributed by atoms with E-state index in [0.717, 1.165) is 24.2 Å². The third-order valence-corrected chi connectivity index (χ3v) is 4.33. The lowest BCUT2D eigenvalue weighted by Crippen LogP contribution is -2.37. The SMILES string of the molecule is O=C(NC[C@H]1CCc2ccccc2O1)c1cnc(-c2cccnc2)nc1. The number of aryl methyl sites for hydroxylation is 1. The van der Waals surface area contributed by atoms with Gasteiger partial charge in [-0.3, -0.25) is 9.78 Å². The topological polar surface area (TPSA) is 77.0 Å². The zero-order chi connectivity index (χ0) is 17.8. The fraction of sp³-hybridized carbons (Fsp3) is 0.200. The second kappa shape index (κ2) is 7.31. The number of nitrogens with zero attached hydrogens (tertiary/aromatic N) is 3. The number of nitrogens with one attached hydrogen (secondary N) is 1. The van der Waals surface area contributed by atoms with Gasteiger partial charge in [0, 0.05) is 30.4 Å². The van der Waals surface area contributed by atoms with Gasteiger partial charge in [0.15, 0.2) is 5.82 Å². The number of amides is 1. The molecule has 26 heavy (non-hydrogen) atoms.